The second-order valence-electron chi connectivity index (χ2n) is 5.53. The Bertz CT molecular complexity index is 403. The molecule has 1 aliphatic rings. The van der Waals surface area contributed by atoms with Gasteiger partial charge in [-0.05, 0) is 36.0 Å². The van der Waals surface area contributed by atoms with E-state index in [1.807, 2.05) is 12.1 Å². The van der Waals surface area contributed by atoms with Gasteiger partial charge in [-0.3, -0.25) is 4.79 Å². The molecule has 1 aromatic carbocycles. The fraction of sp³-hybridized carbons (Fsp3) is 0.533. The first-order valence-corrected chi connectivity index (χ1v) is 6.34. The smallest absolute Gasteiger partial charge is 0.136 e. The van der Waals surface area contributed by atoms with Gasteiger partial charge in [-0.2, -0.15) is 0 Å². The molecule has 0 radical (unpaired) electrons. The van der Waals surface area contributed by atoms with Gasteiger partial charge in [0.05, 0.1) is 0 Å². The van der Waals surface area contributed by atoms with Gasteiger partial charge in [0.1, 0.15) is 11.5 Å². The van der Waals surface area contributed by atoms with Crippen LogP contribution in [0.4, 0.5) is 0 Å². The van der Waals surface area contributed by atoms with Crippen LogP contribution in [0.5, 0.6) is 5.75 Å². The van der Waals surface area contributed by atoms with Gasteiger partial charge < -0.3 is 5.11 Å². The van der Waals surface area contributed by atoms with Crippen LogP contribution in [-0.4, -0.2) is 10.9 Å². The Morgan fingerprint density at radius 3 is 2.41 bits per heavy atom. The van der Waals surface area contributed by atoms with Crippen LogP contribution in [0.1, 0.15) is 45.1 Å². The minimum absolute atomic E-state index is 0.126. The minimum atomic E-state index is -0.134. The Labute approximate surface area is 103 Å². The molecule has 1 fully saturated rings. The Morgan fingerprint density at radius 1 is 1.18 bits per heavy atom. The van der Waals surface area contributed by atoms with Crippen LogP contribution in [0, 0.1) is 5.92 Å². The van der Waals surface area contributed by atoms with Crippen LogP contribution >= 0.6 is 0 Å². The Morgan fingerprint density at radius 2 is 1.82 bits per heavy atom. The molecule has 0 saturated heterocycles. The standard InChI is InChI=1S/C15H20O2/c1-15(2,11-7-9-12(16)10-8-11)13-5-3-4-6-14(13)17/h7-10,13,16H,3-6H2,1-2H3. The number of rotatable bonds is 2. The van der Waals surface area contributed by atoms with Crippen LogP contribution in [-0.2, 0) is 10.2 Å². The minimum Gasteiger partial charge on any atom is -0.508 e. The summed E-state index contributed by atoms with van der Waals surface area (Å²) in [6.07, 6.45) is 3.91. The van der Waals surface area contributed by atoms with E-state index in [1.54, 1.807) is 12.1 Å². The van der Waals surface area contributed by atoms with E-state index in [0.29, 0.717) is 5.78 Å². The molecule has 0 amide bonds. The summed E-state index contributed by atoms with van der Waals surface area (Å²) in [5.74, 6) is 0.801. The fourth-order valence-electron chi connectivity index (χ4n) is 2.84. The molecule has 0 aromatic heterocycles. The molecule has 1 atom stereocenters. The molecule has 17 heavy (non-hydrogen) atoms. The monoisotopic (exact) mass is 232 g/mol. The predicted molar refractivity (Wildman–Crippen MR) is 68.1 cm³/mol. The fourth-order valence-corrected chi connectivity index (χ4v) is 2.84. The van der Waals surface area contributed by atoms with Crippen LogP contribution in [0.3, 0.4) is 0 Å². The quantitative estimate of drug-likeness (QED) is 0.848. The zero-order chi connectivity index (χ0) is 12.5. The van der Waals surface area contributed by atoms with Crippen LogP contribution in [0.2, 0.25) is 0 Å². The molecule has 2 nitrogen and oxygen atoms in total. The molecular weight excluding hydrogens is 212 g/mol. The molecule has 1 N–H and O–H groups in total. The number of phenolic OH excluding ortho intramolecular Hbond substituents is 1. The maximum Gasteiger partial charge on any atom is 0.136 e. The van der Waals surface area contributed by atoms with Crippen molar-refractivity contribution in [3.8, 4) is 5.75 Å². The summed E-state index contributed by atoms with van der Waals surface area (Å²) in [4.78, 5) is 12.0. The summed E-state index contributed by atoms with van der Waals surface area (Å²) in [5.41, 5.74) is 1.00. The van der Waals surface area contributed by atoms with Crippen molar-refractivity contribution in [3.63, 3.8) is 0 Å². The maximum atomic E-state index is 12.0. The van der Waals surface area contributed by atoms with Crippen molar-refractivity contribution in [2.75, 3.05) is 0 Å². The summed E-state index contributed by atoms with van der Waals surface area (Å²) in [6, 6.07) is 7.25. The van der Waals surface area contributed by atoms with E-state index in [-0.39, 0.29) is 17.1 Å². The molecular formula is C15H20O2. The average molecular weight is 232 g/mol. The third-order valence-corrected chi connectivity index (χ3v) is 4.04. The molecule has 1 aliphatic carbocycles. The zero-order valence-corrected chi connectivity index (χ0v) is 10.6. The van der Waals surface area contributed by atoms with E-state index in [9.17, 15) is 9.90 Å². The highest BCUT2D eigenvalue weighted by Gasteiger charge is 2.37. The highest BCUT2D eigenvalue weighted by atomic mass is 16.3. The van der Waals surface area contributed by atoms with E-state index < -0.39 is 0 Å². The Hall–Kier alpha value is -1.31. The van der Waals surface area contributed by atoms with Crippen LogP contribution in [0.25, 0.3) is 0 Å². The van der Waals surface area contributed by atoms with Gasteiger partial charge in [0.25, 0.3) is 0 Å². The zero-order valence-electron chi connectivity index (χ0n) is 10.6. The largest absolute Gasteiger partial charge is 0.508 e. The average Bonchev–Trinajstić information content (AvgIpc) is 2.30. The lowest BCUT2D eigenvalue weighted by Crippen LogP contribution is -2.36. The second kappa shape index (κ2) is 4.52. The van der Waals surface area contributed by atoms with Crippen molar-refractivity contribution in [3.05, 3.63) is 29.8 Å². The summed E-state index contributed by atoms with van der Waals surface area (Å²) in [7, 11) is 0. The van der Waals surface area contributed by atoms with Crippen molar-refractivity contribution in [2.24, 2.45) is 5.92 Å². The summed E-state index contributed by atoms with van der Waals surface area (Å²) in [5, 5.41) is 9.32. The summed E-state index contributed by atoms with van der Waals surface area (Å²) >= 11 is 0. The highest BCUT2D eigenvalue weighted by molar-refractivity contribution is 5.83. The van der Waals surface area contributed by atoms with Crippen molar-refractivity contribution >= 4 is 5.78 Å². The number of ketones is 1. The van der Waals surface area contributed by atoms with Crippen molar-refractivity contribution < 1.29 is 9.90 Å². The van der Waals surface area contributed by atoms with Gasteiger partial charge in [-0.15, -0.1) is 0 Å². The normalized spacial score (nSPS) is 21.5. The number of hydrogen-bond acceptors (Lipinski definition) is 2. The first-order chi connectivity index (χ1) is 8.01. The molecule has 0 aliphatic heterocycles. The van der Waals surface area contributed by atoms with Crippen molar-refractivity contribution in [1.82, 2.24) is 0 Å². The molecule has 1 aromatic rings. The number of carbonyl (C=O) groups excluding carboxylic acids is 1. The van der Waals surface area contributed by atoms with Crippen molar-refractivity contribution in [1.29, 1.82) is 0 Å². The number of Topliss-reactive ketones (excluding diaryl/α,β-unsaturated/α-hetero) is 1. The molecule has 0 heterocycles. The summed E-state index contributed by atoms with van der Waals surface area (Å²) in [6.45, 7) is 4.26. The van der Waals surface area contributed by atoms with E-state index in [2.05, 4.69) is 13.8 Å². The van der Waals surface area contributed by atoms with Gasteiger partial charge in [0, 0.05) is 12.3 Å². The number of hydrogen-bond donors (Lipinski definition) is 1. The van der Waals surface area contributed by atoms with Gasteiger partial charge in [-0.25, -0.2) is 0 Å². The SMILES string of the molecule is CC(C)(c1ccc(O)cc1)C1CCCCC1=O. The molecule has 2 heteroatoms. The lowest BCUT2D eigenvalue weighted by molar-refractivity contribution is -0.126. The summed E-state index contributed by atoms with van der Waals surface area (Å²) < 4.78 is 0. The van der Waals surface area contributed by atoms with Gasteiger partial charge >= 0.3 is 0 Å². The van der Waals surface area contributed by atoms with E-state index in [4.69, 9.17) is 0 Å². The second-order valence-corrected chi connectivity index (χ2v) is 5.53. The molecule has 92 valence electrons. The molecule has 2 rings (SSSR count). The van der Waals surface area contributed by atoms with Gasteiger partial charge in [0.15, 0.2) is 0 Å². The predicted octanol–water partition coefficient (Wildman–Crippen LogP) is 3.43. The first-order valence-electron chi connectivity index (χ1n) is 6.34. The van der Waals surface area contributed by atoms with Crippen LogP contribution < -0.4 is 0 Å². The van der Waals surface area contributed by atoms with Crippen LogP contribution in [0.15, 0.2) is 24.3 Å². The number of benzene rings is 1. The molecule has 1 saturated carbocycles. The lowest BCUT2D eigenvalue weighted by atomic mass is 9.67. The third kappa shape index (κ3) is 2.36. The Balaban J connectivity index is 2.28. The molecule has 1 unspecified atom stereocenters. The molecule has 0 bridgehead atoms. The number of aromatic hydroxyl groups is 1. The number of carbonyl (C=O) groups is 1. The Kier molecular flexibility index (Phi) is 3.23. The lowest BCUT2D eigenvalue weighted by Gasteiger charge is -2.36. The van der Waals surface area contributed by atoms with Gasteiger partial charge in [0.2, 0.25) is 0 Å². The van der Waals surface area contributed by atoms with E-state index >= 15 is 0 Å². The molecule has 0 spiro atoms. The van der Waals surface area contributed by atoms with E-state index in [0.717, 1.165) is 31.2 Å². The highest BCUT2D eigenvalue weighted by Crippen LogP contribution is 2.39. The number of phenols is 1. The topological polar surface area (TPSA) is 37.3 Å². The maximum absolute atomic E-state index is 12.0. The van der Waals surface area contributed by atoms with Gasteiger partial charge in [-0.1, -0.05) is 32.4 Å². The third-order valence-electron chi connectivity index (χ3n) is 4.04. The van der Waals surface area contributed by atoms with E-state index in [1.165, 1.54) is 0 Å². The first kappa shape index (κ1) is 12.2. The van der Waals surface area contributed by atoms with Crippen molar-refractivity contribution in [2.45, 2.75) is 44.9 Å².